The van der Waals surface area contributed by atoms with Crippen molar-refractivity contribution in [2.45, 2.75) is 19.0 Å². The molecule has 0 spiro atoms. The first-order valence-corrected chi connectivity index (χ1v) is 6.35. The minimum atomic E-state index is -1.29. The molecule has 0 aliphatic heterocycles. The number of nitrogens with one attached hydrogen (secondary N) is 1. The van der Waals surface area contributed by atoms with Crippen LogP contribution in [-0.4, -0.2) is 84.9 Å². The molecule has 64 valence electrons. The summed E-state index contributed by atoms with van der Waals surface area (Å²) >= 11 is 0. The first-order valence-electron chi connectivity index (χ1n) is 3.86. The van der Waals surface area contributed by atoms with Crippen LogP contribution in [-0.2, 0) is 0 Å². The summed E-state index contributed by atoms with van der Waals surface area (Å²) in [4.78, 5) is 9.00. The van der Waals surface area contributed by atoms with Gasteiger partial charge >= 0.3 is 51.4 Å². The van der Waals surface area contributed by atoms with Gasteiger partial charge in [0.2, 0.25) is 0 Å². The van der Waals surface area contributed by atoms with Crippen LogP contribution in [0.3, 0.4) is 0 Å². The zero-order valence-electron chi connectivity index (χ0n) is 6.64. The number of rotatable bonds is 6. The normalized spacial score (nSPS) is 12.3. The van der Waals surface area contributed by atoms with E-state index in [9.17, 15) is 0 Å². The summed E-state index contributed by atoms with van der Waals surface area (Å²) in [5, 5.41) is 3.18. The van der Waals surface area contributed by atoms with Crippen molar-refractivity contribution in [1.29, 1.82) is 0 Å². The predicted octanol–water partition coefficient (Wildman–Crippen LogP) is -1.38. The molecule has 0 heterocycles. The van der Waals surface area contributed by atoms with E-state index in [1.54, 1.807) is 0 Å². The van der Waals surface area contributed by atoms with E-state index in [-0.39, 0.29) is 51.4 Å². The molecule has 3 nitrogen and oxygen atoms in total. The van der Waals surface area contributed by atoms with Crippen molar-refractivity contribution >= 4 is 60.4 Å². The van der Waals surface area contributed by atoms with Crippen molar-refractivity contribution in [3.05, 3.63) is 0 Å². The minimum absolute atomic E-state index is 0. The summed E-state index contributed by atoms with van der Waals surface area (Å²) in [7, 11) is -1.29. The van der Waals surface area contributed by atoms with Gasteiger partial charge in [-0.15, -0.1) is 0 Å². The summed E-state index contributed by atoms with van der Waals surface area (Å²) in [5.41, 5.74) is 5.27. The van der Waals surface area contributed by atoms with Gasteiger partial charge in [-0.2, -0.15) is 0 Å². The molecule has 11 heavy (non-hydrogen) atoms. The maximum absolute atomic E-state index is 9.00. The second kappa shape index (κ2) is 11.7. The molecule has 0 saturated heterocycles. The zero-order valence-corrected chi connectivity index (χ0v) is 7.79. The van der Waals surface area contributed by atoms with E-state index in [1.807, 2.05) is 6.55 Å². The Kier molecular flexibility index (Phi) is 16.2. The molecular formula is C6H19KN2OSi. The Morgan fingerprint density at radius 1 is 1.45 bits per heavy atom. The standard InChI is InChI=1S/C6H18N2OSi.K.H/c1-10(9)6-2-4-8-5-3-7;;/h8-10H,2-7H2,1H3;;. The average Bonchev–Trinajstić information content (AvgIpc) is 1.87. The Labute approximate surface area is 113 Å². The van der Waals surface area contributed by atoms with E-state index in [0.29, 0.717) is 6.54 Å². The Balaban J connectivity index is 0. The predicted molar refractivity (Wildman–Crippen MR) is 53.7 cm³/mol. The van der Waals surface area contributed by atoms with Crippen molar-refractivity contribution in [3.8, 4) is 0 Å². The van der Waals surface area contributed by atoms with E-state index in [1.165, 1.54) is 0 Å². The van der Waals surface area contributed by atoms with Crippen molar-refractivity contribution in [2.24, 2.45) is 5.73 Å². The van der Waals surface area contributed by atoms with Crippen LogP contribution >= 0.6 is 0 Å². The van der Waals surface area contributed by atoms with Gasteiger partial charge in [-0.3, -0.25) is 0 Å². The van der Waals surface area contributed by atoms with Gasteiger partial charge in [-0.25, -0.2) is 0 Å². The third-order valence-electron chi connectivity index (χ3n) is 1.30. The molecule has 0 fully saturated rings. The van der Waals surface area contributed by atoms with Crippen LogP contribution in [0.25, 0.3) is 0 Å². The molecular weight excluding hydrogens is 183 g/mol. The fourth-order valence-electron chi connectivity index (χ4n) is 0.750. The Hall–Kier alpha value is 1.73. The van der Waals surface area contributed by atoms with Crippen molar-refractivity contribution in [1.82, 2.24) is 5.32 Å². The fraction of sp³-hybridized carbons (Fsp3) is 1.00. The zero-order chi connectivity index (χ0) is 7.82. The Morgan fingerprint density at radius 3 is 2.55 bits per heavy atom. The first kappa shape index (κ1) is 15.2. The van der Waals surface area contributed by atoms with Crippen LogP contribution in [0.1, 0.15) is 6.42 Å². The molecule has 0 aromatic heterocycles. The van der Waals surface area contributed by atoms with E-state index >= 15 is 0 Å². The van der Waals surface area contributed by atoms with Crippen LogP contribution in [0, 0.1) is 0 Å². The van der Waals surface area contributed by atoms with Gasteiger partial charge in [0.25, 0.3) is 0 Å². The van der Waals surface area contributed by atoms with Crippen molar-refractivity contribution in [2.75, 3.05) is 19.6 Å². The van der Waals surface area contributed by atoms with Crippen LogP contribution in [0.5, 0.6) is 0 Å². The molecule has 0 aliphatic carbocycles. The fourth-order valence-corrected chi connectivity index (χ4v) is 1.54. The topological polar surface area (TPSA) is 58.3 Å². The monoisotopic (exact) mass is 202 g/mol. The molecule has 0 aromatic rings. The summed E-state index contributed by atoms with van der Waals surface area (Å²) in [6.45, 7) is 4.53. The molecule has 5 heteroatoms. The molecule has 0 saturated carbocycles. The van der Waals surface area contributed by atoms with Crippen LogP contribution < -0.4 is 11.1 Å². The molecule has 1 atom stereocenters. The van der Waals surface area contributed by atoms with Gasteiger partial charge < -0.3 is 15.8 Å². The maximum atomic E-state index is 9.00. The SMILES string of the molecule is C[SiH](O)CCCNCCN.[KH]. The molecule has 0 radical (unpaired) electrons. The Bertz CT molecular complexity index is 75.6. The summed E-state index contributed by atoms with van der Waals surface area (Å²) in [6.07, 6.45) is 1.09. The second-order valence-electron chi connectivity index (χ2n) is 2.53. The Morgan fingerprint density at radius 2 is 2.09 bits per heavy atom. The van der Waals surface area contributed by atoms with Gasteiger partial charge in [0, 0.05) is 13.1 Å². The van der Waals surface area contributed by atoms with Gasteiger partial charge in [0.05, 0.1) is 0 Å². The molecule has 0 aliphatic rings. The van der Waals surface area contributed by atoms with E-state index < -0.39 is 9.04 Å². The summed E-state index contributed by atoms with van der Waals surface area (Å²) in [6, 6.07) is 1.01. The molecule has 0 amide bonds. The van der Waals surface area contributed by atoms with E-state index in [0.717, 1.165) is 25.6 Å². The van der Waals surface area contributed by atoms with Crippen LogP contribution in [0.4, 0.5) is 0 Å². The number of hydrogen-bond donors (Lipinski definition) is 3. The third kappa shape index (κ3) is 14.6. The van der Waals surface area contributed by atoms with Crippen molar-refractivity contribution < 1.29 is 4.80 Å². The molecule has 0 bridgehead atoms. The van der Waals surface area contributed by atoms with Gasteiger partial charge in [-0.05, 0) is 25.6 Å². The molecule has 0 rings (SSSR count). The third-order valence-corrected chi connectivity index (χ3v) is 2.54. The summed E-state index contributed by atoms with van der Waals surface area (Å²) < 4.78 is 0. The molecule has 0 aromatic carbocycles. The van der Waals surface area contributed by atoms with Crippen molar-refractivity contribution in [3.63, 3.8) is 0 Å². The first-order chi connectivity index (χ1) is 4.77. The average molecular weight is 202 g/mol. The van der Waals surface area contributed by atoms with Crippen LogP contribution in [0.2, 0.25) is 12.6 Å². The number of hydrogen-bond acceptors (Lipinski definition) is 3. The van der Waals surface area contributed by atoms with Gasteiger partial charge in [0.15, 0.2) is 9.04 Å². The van der Waals surface area contributed by atoms with Gasteiger partial charge in [-0.1, -0.05) is 0 Å². The number of nitrogens with two attached hydrogens (primary N) is 1. The molecule has 4 N–H and O–H groups in total. The van der Waals surface area contributed by atoms with E-state index in [2.05, 4.69) is 5.32 Å². The second-order valence-corrected chi connectivity index (χ2v) is 4.81. The summed E-state index contributed by atoms with van der Waals surface area (Å²) in [5.74, 6) is 0. The molecule has 1 unspecified atom stereocenters. The van der Waals surface area contributed by atoms with E-state index in [4.69, 9.17) is 10.5 Å². The van der Waals surface area contributed by atoms with Crippen LogP contribution in [0.15, 0.2) is 0 Å². The van der Waals surface area contributed by atoms with Gasteiger partial charge in [0.1, 0.15) is 0 Å². The quantitative estimate of drug-likeness (QED) is 0.368.